The molecule has 1 amide bonds. The summed E-state index contributed by atoms with van der Waals surface area (Å²) in [6.45, 7) is 1.19. The largest absolute Gasteiger partial charge is 0.465 e. The number of para-hydroxylation sites is 1. The van der Waals surface area contributed by atoms with E-state index in [2.05, 4.69) is 5.32 Å². The molecule has 0 aromatic heterocycles. The molecule has 0 heterocycles. The summed E-state index contributed by atoms with van der Waals surface area (Å²) in [6.07, 6.45) is 0. The molecular formula is C23H21ClN2O5S. The molecule has 0 fully saturated rings. The molecule has 0 radical (unpaired) electrons. The Balaban J connectivity index is 2.00. The van der Waals surface area contributed by atoms with Crippen molar-refractivity contribution in [3.05, 3.63) is 88.9 Å². The van der Waals surface area contributed by atoms with Crippen molar-refractivity contribution in [3.63, 3.8) is 0 Å². The highest BCUT2D eigenvalue weighted by Crippen LogP contribution is 2.29. The van der Waals surface area contributed by atoms with Gasteiger partial charge in [0.1, 0.15) is 6.54 Å². The van der Waals surface area contributed by atoms with Crippen molar-refractivity contribution < 1.29 is 22.7 Å². The highest BCUT2D eigenvalue weighted by molar-refractivity contribution is 7.92. The number of nitrogens with zero attached hydrogens (tertiary/aromatic N) is 1. The van der Waals surface area contributed by atoms with Crippen LogP contribution in [0.25, 0.3) is 0 Å². The number of methoxy groups -OCH3 is 1. The van der Waals surface area contributed by atoms with Gasteiger partial charge < -0.3 is 10.1 Å². The molecule has 0 bridgehead atoms. The van der Waals surface area contributed by atoms with Gasteiger partial charge in [0, 0.05) is 5.02 Å². The monoisotopic (exact) mass is 472 g/mol. The van der Waals surface area contributed by atoms with Gasteiger partial charge in [-0.2, -0.15) is 0 Å². The fourth-order valence-electron chi connectivity index (χ4n) is 3.07. The molecule has 3 rings (SSSR count). The lowest BCUT2D eigenvalue weighted by atomic mass is 10.1. The highest BCUT2D eigenvalue weighted by atomic mass is 35.5. The number of nitrogens with one attached hydrogen (secondary N) is 1. The number of anilines is 2. The van der Waals surface area contributed by atoms with Crippen molar-refractivity contribution in [3.8, 4) is 0 Å². The molecule has 7 nitrogen and oxygen atoms in total. The first-order valence-electron chi connectivity index (χ1n) is 9.55. The Kier molecular flexibility index (Phi) is 7.17. The van der Waals surface area contributed by atoms with E-state index in [1.54, 1.807) is 49.4 Å². The van der Waals surface area contributed by atoms with E-state index in [0.717, 1.165) is 4.31 Å². The van der Waals surface area contributed by atoms with Gasteiger partial charge >= 0.3 is 5.97 Å². The third-order valence-electron chi connectivity index (χ3n) is 4.66. The van der Waals surface area contributed by atoms with Gasteiger partial charge in [-0.15, -0.1) is 0 Å². The number of hydrogen-bond donors (Lipinski definition) is 1. The lowest BCUT2D eigenvalue weighted by molar-refractivity contribution is -0.114. The predicted octanol–water partition coefficient (Wildman–Crippen LogP) is 4.27. The van der Waals surface area contributed by atoms with E-state index >= 15 is 0 Å². The molecular weight excluding hydrogens is 452 g/mol. The average molecular weight is 473 g/mol. The molecule has 166 valence electrons. The van der Waals surface area contributed by atoms with Gasteiger partial charge in [0.15, 0.2) is 0 Å². The number of benzene rings is 3. The number of carbonyl (C=O) groups excluding carboxylic acids is 2. The summed E-state index contributed by atoms with van der Waals surface area (Å²) in [4.78, 5) is 25.0. The second-order valence-electron chi connectivity index (χ2n) is 6.84. The Bertz CT molecular complexity index is 1250. The van der Waals surface area contributed by atoms with Gasteiger partial charge in [-0.3, -0.25) is 9.10 Å². The first-order valence-corrected chi connectivity index (χ1v) is 11.4. The van der Waals surface area contributed by atoms with Crippen LogP contribution in [0.5, 0.6) is 0 Å². The number of sulfonamides is 1. The van der Waals surface area contributed by atoms with Gasteiger partial charge in [-0.05, 0) is 48.9 Å². The zero-order valence-electron chi connectivity index (χ0n) is 17.4. The molecule has 0 aliphatic carbocycles. The summed E-state index contributed by atoms with van der Waals surface area (Å²) in [7, 11) is -2.86. The van der Waals surface area contributed by atoms with Gasteiger partial charge in [-0.25, -0.2) is 13.2 Å². The van der Waals surface area contributed by atoms with Crippen LogP contribution in [0.15, 0.2) is 77.7 Å². The number of hydrogen-bond acceptors (Lipinski definition) is 5. The van der Waals surface area contributed by atoms with Crippen LogP contribution in [0, 0.1) is 6.92 Å². The lowest BCUT2D eigenvalue weighted by Gasteiger charge is -2.26. The molecule has 1 N–H and O–H groups in total. The van der Waals surface area contributed by atoms with Crippen molar-refractivity contribution in [1.29, 1.82) is 0 Å². The number of esters is 1. The van der Waals surface area contributed by atoms with Crippen molar-refractivity contribution in [2.45, 2.75) is 11.8 Å². The Labute approximate surface area is 191 Å². The molecule has 0 aliphatic heterocycles. The molecule has 32 heavy (non-hydrogen) atoms. The maximum Gasteiger partial charge on any atom is 0.339 e. The fraction of sp³-hybridized carbons (Fsp3) is 0.130. The average Bonchev–Trinajstić information content (AvgIpc) is 2.79. The predicted molar refractivity (Wildman–Crippen MR) is 124 cm³/mol. The van der Waals surface area contributed by atoms with Crippen molar-refractivity contribution in [1.82, 2.24) is 0 Å². The van der Waals surface area contributed by atoms with Crippen LogP contribution >= 0.6 is 11.6 Å². The second kappa shape index (κ2) is 9.84. The number of halogens is 1. The van der Waals surface area contributed by atoms with Crippen LogP contribution in [0.3, 0.4) is 0 Å². The number of carbonyl (C=O) groups is 2. The van der Waals surface area contributed by atoms with E-state index in [9.17, 15) is 18.0 Å². The van der Waals surface area contributed by atoms with E-state index < -0.39 is 28.4 Å². The molecule has 0 spiro atoms. The highest BCUT2D eigenvalue weighted by Gasteiger charge is 2.29. The maximum atomic E-state index is 13.4. The summed E-state index contributed by atoms with van der Waals surface area (Å²) in [6, 6.07) is 18.9. The normalized spacial score (nSPS) is 11.0. The van der Waals surface area contributed by atoms with Gasteiger partial charge in [0.25, 0.3) is 10.0 Å². The van der Waals surface area contributed by atoms with E-state index in [0.29, 0.717) is 10.6 Å². The number of amides is 1. The summed E-state index contributed by atoms with van der Waals surface area (Å²) in [5.74, 6) is -1.26. The van der Waals surface area contributed by atoms with Crippen molar-refractivity contribution in [2.75, 3.05) is 23.3 Å². The minimum absolute atomic E-state index is 0.0298. The zero-order valence-corrected chi connectivity index (χ0v) is 19.0. The first kappa shape index (κ1) is 23.3. The number of aryl methyl sites for hydroxylation is 1. The van der Waals surface area contributed by atoms with Gasteiger partial charge in [0.2, 0.25) is 5.91 Å². The van der Waals surface area contributed by atoms with E-state index in [1.807, 2.05) is 0 Å². The van der Waals surface area contributed by atoms with Gasteiger partial charge in [0.05, 0.1) is 28.9 Å². The molecule has 3 aromatic carbocycles. The van der Waals surface area contributed by atoms with Crippen LogP contribution in [0.2, 0.25) is 5.02 Å². The van der Waals surface area contributed by atoms with Crippen LogP contribution in [0.1, 0.15) is 15.9 Å². The van der Waals surface area contributed by atoms with E-state index in [4.69, 9.17) is 16.3 Å². The summed E-state index contributed by atoms with van der Waals surface area (Å²) >= 11 is 6.12. The van der Waals surface area contributed by atoms with Crippen LogP contribution in [-0.2, 0) is 19.6 Å². The molecule has 3 aromatic rings. The minimum Gasteiger partial charge on any atom is -0.465 e. The smallest absolute Gasteiger partial charge is 0.339 e. The quantitative estimate of drug-likeness (QED) is 0.518. The Morgan fingerprint density at radius 3 is 2.34 bits per heavy atom. The summed E-state index contributed by atoms with van der Waals surface area (Å²) in [5.41, 5.74) is 1.26. The van der Waals surface area contributed by atoms with Crippen LogP contribution < -0.4 is 9.62 Å². The number of rotatable bonds is 7. The molecule has 0 aliphatic rings. The fourth-order valence-corrected chi connectivity index (χ4v) is 4.74. The SMILES string of the molecule is COC(=O)c1ccccc1NC(=O)CN(c1cc(Cl)ccc1C)S(=O)(=O)c1ccccc1. The summed E-state index contributed by atoms with van der Waals surface area (Å²) < 4.78 is 32.6. The molecule has 0 saturated carbocycles. The van der Waals surface area contributed by atoms with Crippen molar-refractivity contribution >= 4 is 44.9 Å². The second-order valence-corrected chi connectivity index (χ2v) is 9.14. The van der Waals surface area contributed by atoms with Crippen molar-refractivity contribution in [2.24, 2.45) is 0 Å². The van der Waals surface area contributed by atoms with Crippen LogP contribution in [0.4, 0.5) is 11.4 Å². The Morgan fingerprint density at radius 2 is 1.66 bits per heavy atom. The third kappa shape index (κ3) is 5.09. The third-order valence-corrected chi connectivity index (χ3v) is 6.67. The van der Waals surface area contributed by atoms with E-state index in [1.165, 1.54) is 37.4 Å². The molecule has 0 unspecified atom stereocenters. The molecule has 0 atom stereocenters. The topological polar surface area (TPSA) is 92.8 Å². The first-order chi connectivity index (χ1) is 15.2. The standard InChI is InChI=1S/C23H21ClN2O5S/c1-16-12-13-17(24)14-21(16)26(32(29,30)18-8-4-3-5-9-18)15-22(27)25-20-11-7-6-10-19(20)23(28)31-2/h3-14H,15H2,1-2H3,(H,25,27). The van der Waals surface area contributed by atoms with Gasteiger partial charge in [-0.1, -0.05) is 48.0 Å². The van der Waals surface area contributed by atoms with E-state index in [-0.39, 0.29) is 21.8 Å². The minimum atomic E-state index is -4.09. The Hall–Kier alpha value is -3.36. The van der Waals surface area contributed by atoms with Crippen LogP contribution in [-0.4, -0.2) is 33.9 Å². The Morgan fingerprint density at radius 1 is 1.00 bits per heavy atom. The lowest BCUT2D eigenvalue weighted by Crippen LogP contribution is -2.38. The molecule has 0 saturated heterocycles. The summed E-state index contributed by atoms with van der Waals surface area (Å²) in [5, 5.41) is 2.93. The zero-order chi connectivity index (χ0) is 23.3. The number of ether oxygens (including phenoxy) is 1. The molecule has 9 heteroatoms. The maximum absolute atomic E-state index is 13.4.